The van der Waals surface area contributed by atoms with Gasteiger partial charge in [0.1, 0.15) is 5.75 Å². The van der Waals surface area contributed by atoms with Crippen LogP contribution in [-0.4, -0.2) is 24.0 Å². The van der Waals surface area contributed by atoms with Gasteiger partial charge in [0.25, 0.3) is 0 Å². The van der Waals surface area contributed by atoms with Gasteiger partial charge in [-0.25, -0.2) is 4.79 Å². The van der Waals surface area contributed by atoms with Crippen LogP contribution in [0.5, 0.6) is 5.75 Å². The van der Waals surface area contributed by atoms with Crippen LogP contribution in [0.4, 0.5) is 0 Å². The number of benzene rings is 2. The van der Waals surface area contributed by atoms with Crippen LogP contribution >= 0.6 is 0 Å². The molecule has 0 fully saturated rings. The Balaban J connectivity index is 2.82. The van der Waals surface area contributed by atoms with Gasteiger partial charge >= 0.3 is 5.97 Å². The summed E-state index contributed by atoms with van der Waals surface area (Å²) >= 11 is 0. The lowest BCUT2D eigenvalue weighted by Crippen LogP contribution is -2.07. The van der Waals surface area contributed by atoms with Gasteiger partial charge in [0, 0.05) is 5.56 Å². The van der Waals surface area contributed by atoms with Crippen molar-refractivity contribution in [3.8, 4) is 5.75 Å². The molecular formula is C14H12O4. The molecule has 0 amide bonds. The molecule has 1 N–H and O–H groups in total. The number of aromatic carboxylic acids is 1. The number of carbonyl (C=O) groups excluding carboxylic acids is 1. The number of Topliss-reactive ketones (excluding diaryl/α,β-unsaturated/α-hetero) is 1. The highest BCUT2D eigenvalue weighted by molar-refractivity contribution is 6.13. The quantitative estimate of drug-likeness (QED) is 0.843. The lowest BCUT2D eigenvalue weighted by atomic mass is 9.97. The molecule has 0 aliphatic rings. The molecule has 0 spiro atoms. The van der Waals surface area contributed by atoms with Crippen LogP contribution < -0.4 is 4.74 Å². The van der Waals surface area contributed by atoms with Crippen LogP contribution in [0.15, 0.2) is 30.3 Å². The Morgan fingerprint density at radius 1 is 1.17 bits per heavy atom. The molecule has 0 saturated carbocycles. The molecular weight excluding hydrogens is 232 g/mol. The Morgan fingerprint density at radius 3 is 2.44 bits per heavy atom. The van der Waals surface area contributed by atoms with E-state index in [0.29, 0.717) is 11.1 Å². The fourth-order valence-electron chi connectivity index (χ4n) is 1.96. The maximum Gasteiger partial charge on any atom is 0.337 e. The summed E-state index contributed by atoms with van der Waals surface area (Å²) in [4.78, 5) is 22.8. The van der Waals surface area contributed by atoms with Crippen molar-refractivity contribution in [1.82, 2.24) is 0 Å². The van der Waals surface area contributed by atoms with Gasteiger partial charge in [-0.05, 0) is 42.0 Å². The molecule has 0 heterocycles. The van der Waals surface area contributed by atoms with Gasteiger partial charge in [0.2, 0.25) is 0 Å². The van der Waals surface area contributed by atoms with Gasteiger partial charge in [-0.3, -0.25) is 4.79 Å². The van der Waals surface area contributed by atoms with Crippen LogP contribution in [0.3, 0.4) is 0 Å². The van der Waals surface area contributed by atoms with Gasteiger partial charge in [0.05, 0.1) is 12.7 Å². The van der Waals surface area contributed by atoms with E-state index >= 15 is 0 Å². The number of ketones is 1. The van der Waals surface area contributed by atoms with Crippen molar-refractivity contribution in [2.75, 3.05) is 7.11 Å². The van der Waals surface area contributed by atoms with Gasteiger partial charge < -0.3 is 9.84 Å². The van der Waals surface area contributed by atoms with Crippen LogP contribution in [0.1, 0.15) is 27.6 Å². The van der Waals surface area contributed by atoms with Crippen molar-refractivity contribution in [3.05, 3.63) is 41.5 Å². The minimum Gasteiger partial charge on any atom is -0.497 e. The third kappa shape index (κ3) is 1.93. The highest BCUT2D eigenvalue weighted by Crippen LogP contribution is 2.26. The molecule has 0 unspecified atom stereocenters. The highest BCUT2D eigenvalue weighted by Gasteiger charge is 2.17. The molecule has 0 radical (unpaired) electrons. The van der Waals surface area contributed by atoms with Crippen LogP contribution in [0, 0.1) is 0 Å². The summed E-state index contributed by atoms with van der Waals surface area (Å²) in [5.74, 6) is -0.713. The van der Waals surface area contributed by atoms with Crippen molar-refractivity contribution in [1.29, 1.82) is 0 Å². The molecule has 0 aliphatic carbocycles. The van der Waals surface area contributed by atoms with E-state index in [4.69, 9.17) is 4.74 Å². The number of hydrogen-bond acceptors (Lipinski definition) is 3. The summed E-state index contributed by atoms with van der Waals surface area (Å²) in [5, 5.41) is 10.5. The second-order valence-electron chi connectivity index (χ2n) is 3.94. The Kier molecular flexibility index (Phi) is 3.02. The second-order valence-corrected chi connectivity index (χ2v) is 3.94. The number of rotatable bonds is 3. The second kappa shape index (κ2) is 4.49. The first-order valence-electron chi connectivity index (χ1n) is 5.39. The third-order valence-electron chi connectivity index (χ3n) is 2.82. The zero-order chi connectivity index (χ0) is 13.3. The fourth-order valence-corrected chi connectivity index (χ4v) is 1.96. The smallest absolute Gasteiger partial charge is 0.337 e. The van der Waals surface area contributed by atoms with E-state index in [-0.39, 0.29) is 16.9 Å². The standard InChI is InChI=1S/C14H12O4/c1-8(15)11-5-3-9-7-10(18-2)4-6-12(9)13(11)14(16)17/h3-7H,1-2H3,(H,16,17). The van der Waals surface area contributed by atoms with E-state index in [1.165, 1.54) is 13.0 Å². The number of hydrogen-bond donors (Lipinski definition) is 1. The monoisotopic (exact) mass is 244 g/mol. The third-order valence-corrected chi connectivity index (χ3v) is 2.82. The number of fused-ring (bicyclic) bond motifs is 1. The number of methoxy groups -OCH3 is 1. The van der Waals surface area contributed by atoms with Crippen LogP contribution in [0.2, 0.25) is 0 Å². The normalized spacial score (nSPS) is 10.3. The predicted molar refractivity (Wildman–Crippen MR) is 67.5 cm³/mol. The zero-order valence-electron chi connectivity index (χ0n) is 10.1. The summed E-state index contributed by atoms with van der Waals surface area (Å²) in [6.07, 6.45) is 0. The van der Waals surface area contributed by atoms with Gasteiger partial charge in [-0.2, -0.15) is 0 Å². The molecule has 0 aliphatic heterocycles. The van der Waals surface area contributed by atoms with E-state index in [1.54, 1.807) is 31.4 Å². The maximum absolute atomic E-state index is 11.4. The Bertz CT molecular complexity index is 644. The highest BCUT2D eigenvalue weighted by atomic mass is 16.5. The van der Waals surface area contributed by atoms with E-state index in [1.807, 2.05) is 0 Å². The molecule has 0 atom stereocenters. The maximum atomic E-state index is 11.4. The van der Waals surface area contributed by atoms with E-state index < -0.39 is 5.97 Å². The largest absolute Gasteiger partial charge is 0.497 e. The molecule has 0 bridgehead atoms. The minimum absolute atomic E-state index is 0.0441. The lowest BCUT2D eigenvalue weighted by Gasteiger charge is -2.08. The van der Waals surface area contributed by atoms with E-state index in [2.05, 4.69) is 0 Å². The van der Waals surface area contributed by atoms with E-state index in [9.17, 15) is 14.7 Å². The number of carboxylic acids is 1. The molecule has 0 saturated heterocycles. The average molecular weight is 244 g/mol. The number of carboxylic acid groups (broad SMARTS) is 1. The summed E-state index contributed by atoms with van der Waals surface area (Å²) in [6, 6.07) is 8.34. The molecule has 18 heavy (non-hydrogen) atoms. The topological polar surface area (TPSA) is 63.6 Å². The fraction of sp³-hybridized carbons (Fsp3) is 0.143. The molecule has 92 valence electrons. The zero-order valence-corrected chi connectivity index (χ0v) is 10.1. The Morgan fingerprint density at radius 2 is 1.89 bits per heavy atom. The van der Waals surface area contributed by atoms with Crippen molar-refractivity contribution < 1.29 is 19.4 Å². The minimum atomic E-state index is -1.10. The van der Waals surface area contributed by atoms with Gasteiger partial charge in [-0.15, -0.1) is 0 Å². The van der Waals surface area contributed by atoms with Crippen molar-refractivity contribution in [2.24, 2.45) is 0 Å². The van der Waals surface area contributed by atoms with Crippen LogP contribution in [0.25, 0.3) is 10.8 Å². The van der Waals surface area contributed by atoms with Crippen molar-refractivity contribution in [3.63, 3.8) is 0 Å². The van der Waals surface area contributed by atoms with Crippen LogP contribution in [-0.2, 0) is 0 Å². The SMILES string of the molecule is COc1ccc2c(C(=O)O)c(C(C)=O)ccc2c1. The molecule has 2 aromatic carbocycles. The summed E-state index contributed by atoms with van der Waals surface area (Å²) in [6.45, 7) is 1.36. The molecule has 0 aromatic heterocycles. The Labute approximate surface area is 104 Å². The van der Waals surface area contributed by atoms with Gasteiger partial charge in [-0.1, -0.05) is 6.07 Å². The summed E-state index contributed by atoms with van der Waals surface area (Å²) in [5.41, 5.74) is 0.266. The molecule has 2 aromatic rings. The van der Waals surface area contributed by atoms with E-state index in [0.717, 1.165) is 5.39 Å². The van der Waals surface area contributed by atoms with Crippen molar-refractivity contribution >= 4 is 22.5 Å². The summed E-state index contributed by atoms with van der Waals surface area (Å²) < 4.78 is 5.09. The number of carbonyl (C=O) groups is 2. The van der Waals surface area contributed by atoms with Gasteiger partial charge in [0.15, 0.2) is 5.78 Å². The summed E-state index contributed by atoms with van der Waals surface area (Å²) in [7, 11) is 1.54. The molecule has 4 nitrogen and oxygen atoms in total. The molecule has 2 rings (SSSR count). The first kappa shape index (κ1) is 12.1. The average Bonchev–Trinajstić information content (AvgIpc) is 2.36. The molecule has 4 heteroatoms. The first-order valence-corrected chi connectivity index (χ1v) is 5.39. The number of ether oxygens (including phenoxy) is 1. The lowest BCUT2D eigenvalue weighted by molar-refractivity contribution is 0.0694. The first-order chi connectivity index (χ1) is 8.54. The van der Waals surface area contributed by atoms with Crippen molar-refractivity contribution in [2.45, 2.75) is 6.92 Å². The Hall–Kier alpha value is -2.36. The predicted octanol–water partition coefficient (Wildman–Crippen LogP) is 2.75.